The lowest BCUT2D eigenvalue weighted by molar-refractivity contribution is 0.0450. The number of esters is 1. The third-order valence-corrected chi connectivity index (χ3v) is 4.52. The summed E-state index contributed by atoms with van der Waals surface area (Å²) >= 11 is 0. The molecule has 0 spiro atoms. The van der Waals surface area contributed by atoms with Crippen LogP contribution in [0.1, 0.15) is 39.0 Å². The summed E-state index contributed by atoms with van der Waals surface area (Å²) in [6.45, 7) is 2.00. The van der Waals surface area contributed by atoms with E-state index in [1.165, 1.54) is 10.6 Å². The zero-order valence-electron chi connectivity index (χ0n) is 14.0. The molecule has 1 N–H and O–H groups in total. The Kier molecular flexibility index (Phi) is 3.80. The van der Waals surface area contributed by atoms with Gasteiger partial charge in [-0.2, -0.15) is 0 Å². The van der Waals surface area contributed by atoms with Crippen LogP contribution in [-0.4, -0.2) is 20.6 Å². The monoisotopic (exact) mass is 348 g/mol. The number of hydrogen-bond acceptors (Lipinski definition) is 5. The van der Waals surface area contributed by atoms with Crippen molar-refractivity contribution in [2.45, 2.75) is 19.6 Å². The largest absolute Gasteiger partial charge is 0.507 e. The van der Waals surface area contributed by atoms with Crippen LogP contribution in [0.3, 0.4) is 0 Å². The van der Waals surface area contributed by atoms with Crippen LogP contribution in [0, 0.1) is 6.92 Å². The Labute approximate surface area is 149 Å². The fourth-order valence-corrected chi connectivity index (χ4v) is 3.23. The van der Waals surface area contributed by atoms with Gasteiger partial charge in [0.1, 0.15) is 11.3 Å². The summed E-state index contributed by atoms with van der Waals surface area (Å²) in [6.07, 6.45) is 0.744. The van der Waals surface area contributed by atoms with Crippen molar-refractivity contribution in [1.29, 1.82) is 0 Å². The van der Waals surface area contributed by atoms with Crippen LogP contribution in [0.2, 0.25) is 0 Å². The van der Waals surface area contributed by atoms with E-state index in [9.17, 15) is 14.7 Å². The average molecular weight is 348 g/mol. The van der Waals surface area contributed by atoms with Crippen LogP contribution in [-0.2, 0) is 11.3 Å². The van der Waals surface area contributed by atoms with Gasteiger partial charge in [-0.25, -0.2) is 4.79 Å². The van der Waals surface area contributed by atoms with Crippen LogP contribution in [0.25, 0.3) is 0 Å². The fourth-order valence-electron chi connectivity index (χ4n) is 3.23. The summed E-state index contributed by atoms with van der Waals surface area (Å²) in [6, 6.07) is 13.9. The number of aromatic nitrogens is 2. The topological polar surface area (TPSA) is 81.4 Å². The first kappa shape index (κ1) is 16.1. The first-order valence-electron chi connectivity index (χ1n) is 8.19. The van der Waals surface area contributed by atoms with Crippen molar-refractivity contribution < 1.29 is 14.6 Å². The standard InChI is InChI=1S/C20H16N2O4/c1-12-10-16(23)17(18-14-7-2-3-8-15(14)20(25)26-18)19(24)22(12)11-13-6-4-5-9-21-13/h2-10,18,23H,11H2,1H3/t18-/m0/s1. The molecule has 130 valence electrons. The van der Waals surface area contributed by atoms with Gasteiger partial charge in [-0.15, -0.1) is 0 Å². The van der Waals surface area contributed by atoms with E-state index in [0.29, 0.717) is 16.8 Å². The Morgan fingerprint density at radius 2 is 1.92 bits per heavy atom. The molecule has 1 aromatic carbocycles. The third-order valence-electron chi connectivity index (χ3n) is 4.52. The van der Waals surface area contributed by atoms with E-state index >= 15 is 0 Å². The van der Waals surface area contributed by atoms with Crippen LogP contribution in [0.4, 0.5) is 0 Å². The molecule has 4 rings (SSSR count). The van der Waals surface area contributed by atoms with E-state index in [2.05, 4.69) is 4.98 Å². The van der Waals surface area contributed by atoms with Crippen molar-refractivity contribution in [2.75, 3.05) is 0 Å². The number of aromatic hydroxyl groups is 1. The zero-order valence-corrected chi connectivity index (χ0v) is 14.0. The van der Waals surface area contributed by atoms with Gasteiger partial charge in [-0.3, -0.25) is 9.78 Å². The molecule has 1 aliphatic heterocycles. The van der Waals surface area contributed by atoms with Crippen LogP contribution in [0.15, 0.2) is 59.5 Å². The van der Waals surface area contributed by atoms with Crippen LogP contribution < -0.4 is 5.56 Å². The van der Waals surface area contributed by atoms with Crippen molar-refractivity contribution in [3.63, 3.8) is 0 Å². The fraction of sp³-hybridized carbons (Fsp3) is 0.150. The van der Waals surface area contributed by atoms with Crippen molar-refractivity contribution in [1.82, 2.24) is 9.55 Å². The van der Waals surface area contributed by atoms with Crippen LogP contribution in [0.5, 0.6) is 5.75 Å². The molecule has 0 saturated heterocycles. The lowest BCUT2D eigenvalue weighted by Crippen LogP contribution is -2.28. The number of cyclic esters (lactones) is 1. The minimum atomic E-state index is -0.915. The Balaban J connectivity index is 1.85. The molecule has 0 saturated carbocycles. The maximum Gasteiger partial charge on any atom is 0.339 e. The van der Waals surface area contributed by atoms with E-state index in [0.717, 1.165) is 5.69 Å². The molecular formula is C20H16N2O4. The number of hydrogen-bond donors (Lipinski definition) is 1. The molecule has 0 unspecified atom stereocenters. The van der Waals surface area contributed by atoms with E-state index in [1.54, 1.807) is 43.5 Å². The number of aryl methyl sites for hydroxylation is 1. The molecular weight excluding hydrogens is 332 g/mol. The van der Waals surface area contributed by atoms with Gasteiger partial charge in [0.25, 0.3) is 5.56 Å². The number of rotatable bonds is 3. The molecule has 26 heavy (non-hydrogen) atoms. The lowest BCUT2D eigenvalue weighted by Gasteiger charge is -2.17. The van der Waals surface area contributed by atoms with Gasteiger partial charge in [0, 0.05) is 17.5 Å². The molecule has 0 amide bonds. The maximum atomic E-state index is 13.1. The Morgan fingerprint density at radius 1 is 1.15 bits per heavy atom. The molecule has 3 heterocycles. The lowest BCUT2D eigenvalue weighted by atomic mass is 9.99. The normalized spacial score (nSPS) is 15.6. The summed E-state index contributed by atoms with van der Waals surface area (Å²) in [7, 11) is 0. The highest BCUT2D eigenvalue weighted by Crippen LogP contribution is 2.37. The van der Waals surface area contributed by atoms with E-state index in [4.69, 9.17) is 4.74 Å². The first-order chi connectivity index (χ1) is 12.6. The number of ether oxygens (including phenoxy) is 1. The molecule has 0 aliphatic carbocycles. The molecule has 3 aromatic rings. The molecule has 2 aromatic heterocycles. The third kappa shape index (κ3) is 2.56. The maximum absolute atomic E-state index is 13.1. The zero-order chi connectivity index (χ0) is 18.3. The van der Waals surface area contributed by atoms with Gasteiger partial charge in [-0.05, 0) is 31.2 Å². The van der Waals surface area contributed by atoms with Crippen LogP contribution >= 0.6 is 0 Å². The summed E-state index contributed by atoms with van der Waals surface area (Å²) in [5.74, 6) is -0.680. The molecule has 6 heteroatoms. The number of carbonyl (C=O) groups excluding carboxylic acids is 1. The van der Waals surface area contributed by atoms with Gasteiger partial charge in [0.2, 0.25) is 0 Å². The summed E-state index contributed by atoms with van der Waals surface area (Å²) in [5, 5.41) is 10.4. The summed E-state index contributed by atoms with van der Waals surface area (Å²) in [4.78, 5) is 29.4. The quantitative estimate of drug-likeness (QED) is 0.736. The van der Waals surface area contributed by atoms with E-state index in [1.807, 2.05) is 12.1 Å². The highest BCUT2D eigenvalue weighted by molar-refractivity contribution is 5.94. The molecule has 1 aliphatic rings. The molecule has 0 fully saturated rings. The van der Waals surface area contributed by atoms with Gasteiger partial charge >= 0.3 is 5.97 Å². The highest BCUT2D eigenvalue weighted by Gasteiger charge is 2.35. The number of fused-ring (bicyclic) bond motifs is 1. The minimum absolute atomic E-state index is 0.0600. The summed E-state index contributed by atoms with van der Waals surface area (Å²) in [5.41, 5.74) is 1.97. The molecule has 0 bridgehead atoms. The second-order valence-corrected chi connectivity index (χ2v) is 6.17. The Morgan fingerprint density at radius 3 is 2.69 bits per heavy atom. The minimum Gasteiger partial charge on any atom is -0.507 e. The molecule has 1 atom stereocenters. The predicted octanol–water partition coefficient (Wildman–Crippen LogP) is 2.57. The first-order valence-corrected chi connectivity index (χ1v) is 8.19. The number of benzene rings is 1. The molecule has 0 radical (unpaired) electrons. The van der Waals surface area contributed by atoms with E-state index in [-0.39, 0.29) is 17.9 Å². The highest BCUT2D eigenvalue weighted by atomic mass is 16.5. The number of carbonyl (C=O) groups is 1. The predicted molar refractivity (Wildman–Crippen MR) is 94.1 cm³/mol. The van der Waals surface area contributed by atoms with Gasteiger partial charge in [0.05, 0.1) is 17.8 Å². The van der Waals surface area contributed by atoms with Crippen molar-refractivity contribution in [3.8, 4) is 5.75 Å². The van der Waals surface area contributed by atoms with Crippen molar-refractivity contribution in [3.05, 3.63) is 93.2 Å². The average Bonchev–Trinajstić information content (AvgIpc) is 2.96. The molecule has 6 nitrogen and oxygen atoms in total. The Hall–Kier alpha value is -3.41. The van der Waals surface area contributed by atoms with Crippen molar-refractivity contribution >= 4 is 5.97 Å². The summed E-state index contributed by atoms with van der Waals surface area (Å²) < 4.78 is 6.92. The SMILES string of the molecule is Cc1cc(O)c([C@H]2OC(=O)c3ccccc32)c(=O)n1Cc1ccccn1. The second-order valence-electron chi connectivity index (χ2n) is 6.17. The second kappa shape index (κ2) is 6.15. The van der Waals surface area contributed by atoms with Gasteiger partial charge < -0.3 is 14.4 Å². The Bertz CT molecular complexity index is 1060. The number of nitrogens with zero attached hydrogens (tertiary/aromatic N) is 2. The van der Waals surface area contributed by atoms with Crippen molar-refractivity contribution in [2.24, 2.45) is 0 Å². The van der Waals surface area contributed by atoms with Gasteiger partial charge in [0.15, 0.2) is 6.10 Å². The van der Waals surface area contributed by atoms with E-state index < -0.39 is 17.6 Å². The van der Waals surface area contributed by atoms with Gasteiger partial charge in [-0.1, -0.05) is 24.3 Å². The number of pyridine rings is 2. The smallest absolute Gasteiger partial charge is 0.339 e.